The number of hydrogen-bond acceptors (Lipinski definition) is 5. The molecule has 7 nitrogen and oxygen atoms in total. The summed E-state index contributed by atoms with van der Waals surface area (Å²) in [4.78, 5) is 20.8. The predicted molar refractivity (Wildman–Crippen MR) is 128 cm³/mol. The fraction of sp³-hybridized carbons (Fsp3) is 0.440. The second-order valence-electron chi connectivity index (χ2n) is 9.68. The van der Waals surface area contributed by atoms with E-state index >= 15 is 0 Å². The molecule has 0 saturated carbocycles. The van der Waals surface area contributed by atoms with Crippen molar-refractivity contribution in [2.75, 3.05) is 24.5 Å². The van der Waals surface area contributed by atoms with Crippen LogP contribution < -0.4 is 10.4 Å². The maximum Gasteiger partial charge on any atom is 0.274 e. The van der Waals surface area contributed by atoms with E-state index in [1.54, 1.807) is 31.5 Å². The van der Waals surface area contributed by atoms with Crippen LogP contribution in [0.1, 0.15) is 43.6 Å². The average molecular weight is 454 g/mol. The van der Waals surface area contributed by atoms with Crippen molar-refractivity contribution in [2.24, 2.45) is 0 Å². The number of piperazine rings is 1. The molecular weight excluding hydrogens is 421 g/mol. The Morgan fingerprint density at radius 1 is 1.18 bits per heavy atom. The van der Waals surface area contributed by atoms with Crippen LogP contribution in [0.15, 0.2) is 48.8 Å². The Balaban J connectivity index is 1.48. The first-order chi connectivity index (χ1) is 15.6. The molecule has 0 unspecified atom stereocenters. The molecule has 1 fully saturated rings. The summed E-state index contributed by atoms with van der Waals surface area (Å²) in [6.07, 6.45) is 3.93. The number of pyridine rings is 1. The largest absolute Gasteiger partial charge is 0.367 e. The minimum absolute atomic E-state index is 0.250. The van der Waals surface area contributed by atoms with Gasteiger partial charge < -0.3 is 9.47 Å². The number of anilines is 1. The Morgan fingerprint density at radius 3 is 2.45 bits per heavy atom. The van der Waals surface area contributed by atoms with Gasteiger partial charge in [0.15, 0.2) is 0 Å². The summed E-state index contributed by atoms with van der Waals surface area (Å²) >= 11 is 0. The molecule has 8 heteroatoms. The second-order valence-corrected chi connectivity index (χ2v) is 9.68. The molecule has 1 amide bonds. The fourth-order valence-electron chi connectivity index (χ4n) is 4.70. The first-order valence-electron chi connectivity index (χ1n) is 11.3. The molecule has 176 valence electrons. The maximum atomic E-state index is 14.2. The summed E-state index contributed by atoms with van der Waals surface area (Å²) in [5.41, 5.74) is 3.85. The molecule has 1 aromatic carbocycles. The molecule has 1 aliphatic heterocycles. The van der Waals surface area contributed by atoms with E-state index in [-0.39, 0.29) is 12.1 Å². The van der Waals surface area contributed by atoms with Crippen LogP contribution in [0.5, 0.6) is 0 Å². The first kappa shape index (κ1) is 23.2. The van der Waals surface area contributed by atoms with Crippen LogP contribution in [0.25, 0.3) is 11.0 Å². The second kappa shape index (κ2) is 9.11. The number of amides is 1. The number of benzene rings is 1. The Hall–Kier alpha value is -2.97. The van der Waals surface area contributed by atoms with Gasteiger partial charge in [-0.05, 0) is 57.5 Å². The maximum absolute atomic E-state index is 14.2. The highest BCUT2D eigenvalue weighted by Gasteiger charge is 2.33. The summed E-state index contributed by atoms with van der Waals surface area (Å²) in [6.45, 7) is 10.3. The number of carbonyl (C=O) groups excluding carboxylic acids is 1. The van der Waals surface area contributed by atoms with Gasteiger partial charge in [0.25, 0.3) is 5.91 Å². The van der Waals surface area contributed by atoms with Crippen LogP contribution in [-0.2, 0) is 6.54 Å². The summed E-state index contributed by atoms with van der Waals surface area (Å²) in [6, 6.07) is 11.8. The minimum atomic E-state index is -1.21. The zero-order valence-corrected chi connectivity index (χ0v) is 19.6. The minimum Gasteiger partial charge on any atom is -0.367 e. The SMILES string of the molecule is C[C@@H]1CN(c2cnc3c(ccn3Cc3ccc(C(=O)NO)cc3)c2)C[C@H](C)N1CC(C)(C)F. The Labute approximate surface area is 193 Å². The van der Waals surface area contributed by atoms with Crippen LogP contribution in [0.3, 0.4) is 0 Å². The number of fused-ring (bicyclic) bond motifs is 1. The normalized spacial score (nSPS) is 19.8. The van der Waals surface area contributed by atoms with Gasteiger partial charge in [0.05, 0.1) is 11.9 Å². The van der Waals surface area contributed by atoms with Gasteiger partial charge >= 0.3 is 0 Å². The van der Waals surface area contributed by atoms with Gasteiger partial charge in [0.2, 0.25) is 0 Å². The quantitative estimate of drug-likeness (QED) is 0.438. The molecule has 1 saturated heterocycles. The molecule has 0 bridgehead atoms. The summed E-state index contributed by atoms with van der Waals surface area (Å²) < 4.78 is 16.3. The van der Waals surface area contributed by atoms with Crippen molar-refractivity contribution in [3.8, 4) is 0 Å². The number of rotatable bonds is 6. The van der Waals surface area contributed by atoms with Gasteiger partial charge in [-0.2, -0.15) is 0 Å². The van der Waals surface area contributed by atoms with Gasteiger partial charge in [-0.15, -0.1) is 0 Å². The lowest BCUT2D eigenvalue weighted by Crippen LogP contribution is -2.59. The third-order valence-electron chi connectivity index (χ3n) is 6.28. The van der Waals surface area contributed by atoms with E-state index < -0.39 is 11.6 Å². The molecule has 4 rings (SSSR count). The molecule has 0 aliphatic carbocycles. The van der Waals surface area contributed by atoms with Crippen molar-refractivity contribution >= 4 is 22.6 Å². The van der Waals surface area contributed by atoms with Crippen LogP contribution in [0.2, 0.25) is 0 Å². The Bertz CT molecular complexity index is 1110. The molecule has 2 atom stereocenters. The van der Waals surface area contributed by atoms with E-state index in [4.69, 9.17) is 10.2 Å². The number of nitrogens with zero attached hydrogens (tertiary/aromatic N) is 4. The van der Waals surface area contributed by atoms with E-state index in [2.05, 4.69) is 40.3 Å². The van der Waals surface area contributed by atoms with E-state index in [1.165, 1.54) is 0 Å². The lowest BCUT2D eigenvalue weighted by atomic mass is 10.0. The van der Waals surface area contributed by atoms with E-state index in [0.717, 1.165) is 35.4 Å². The van der Waals surface area contributed by atoms with Crippen molar-refractivity contribution in [3.63, 3.8) is 0 Å². The highest BCUT2D eigenvalue weighted by molar-refractivity contribution is 5.93. The smallest absolute Gasteiger partial charge is 0.274 e. The molecule has 1 aliphatic rings. The third-order valence-corrected chi connectivity index (χ3v) is 6.28. The van der Waals surface area contributed by atoms with Crippen LogP contribution in [0, 0.1) is 0 Å². The number of alkyl halides is 1. The number of hydroxylamine groups is 1. The number of hydrogen-bond donors (Lipinski definition) is 2. The average Bonchev–Trinajstić information content (AvgIpc) is 3.17. The topological polar surface area (TPSA) is 73.6 Å². The molecule has 2 N–H and O–H groups in total. The number of carbonyl (C=O) groups is 1. The zero-order valence-electron chi connectivity index (χ0n) is 19.6. The molecular formula is C25H32FN5O2. The standard InChI is InChI=1S/C25H32FN5O2/c1-17-13-30(14-18(2)31(17)16-25(3,4)26)22-11-21-9-10-29(23(21)27-12-22)15-19-5-7-20(8-6-19)24(32)28-33/h5-12,17-18,33H,13-16H2,1-4H3,(H,28,32)/t17-,18+. The monoisotopic (exact) mass is 453 g/mol. The van der Waals surface area contributed by atoms with Crippen molar-refractivity contribution in [3.05, 3.63) is 59.9 Å². The van der Waals surface area contributed by atoms with Gasteiger partial charge in [-0.25, -0.2) is 14.9 Å². The van der Waals surface area contributed by atoms with Crippen molar-refractivity contribution in [1.82, 2.24) is 19.9 Å². The fourth-order valence-corrected chi connectivity index (χ4v) is 4.70. The number of aromatic nitrogens is 2. The van der Waals surface area contributed by atoms with Crippen LogP contribution in [-0.4, -0.2) is 63.0 Å². The summed E-state index contributed by atoms with van der Waals surface area (Å²) in [5.74, 6) is -0.528. The molecule has 2 aromatic heterocycles. The first-order valence-corrected chi connectivity index (χ1v) is 11.3. The third kappa shape index (κ3) is 5.17. The van der Waals surface area contributed by atoms with Gasteiger partial charge in [-0.3, -0.25) is 14.9 Å². The van der Waals surface area contributed by atoms with Gasteiger partial charge in [0.1, 0.15) is 11.3 Å². The Morgan fingerprint density at radius 2 is 1.85 bits per heavy atom. The lowest BCUT2D eigenvalue weighted by Gasteiger charge is -2.46. The molecule has 33 heavy (non-hydrogen) atoms. The zero-order chi connectivity index (χ0) is 23.8. The predicted octanol–water partition coefficient (Wildman–Crippen LogP) is 3.85. The molecule has 0 spiro atoms. The van der Waals surface area contributed by atoms with Crippen molar-refractivity contribution in [1.29, 1.82) is 0 Å². The number of halogens is 1. The molecule has 3 heterocycles. The van der Waals surface area contributed by atoms with Crippen LogP contribution in [0.4, 0.5) is 10.1 Å². The van der Waals surface area contributed by atoms with Crippen LogP contribution >= 0.6 is 0 Å². The van der Waals surface area contributed by atoms with E-state index in [9.17, 15) is 9.18 Å². The number of nitrogens with one attached hydrogen (secondary N) is 1. The summed E-state index contributed by atoms with van der Waals surface area (Å²) in [7, 11) is 0. The summed E-state index contributed by atoms with van der Waals surface area (Å²) in [5, 5.41) is 9.82. The molecule has 0 radical (unpaired) electrons. The molecule has 3 aromatic rings. The highest BCUT2D eigenvalue weighted by atomic mass is 19.1. The van der Waals surface area contributed by atoms with Crippen molar-refractivity contribution < 1.29 is 14.4 Å². The van der Waals surface area contributed by atoms with E-state index in [0.29, 0.717) is 18.7 Å². The van der Waals surface area contributed by atoms with Gasteiger partial charge in [-0.1, -0.05) is 12.1 Å². The highest BCUT2D eigenvalue weighted by Crippen LogP contribution is 2.27. The lowest BCUT2D eigenvalue weighted by molar-refractivity contribution is 0.0587. The van der Waals surface area contributed by atoms with Gasteiger partial charge in [0, 0.05) is 55.4 Å². The Kier molecular flexibility index (Phi) is 6.41. The van der Waals surface area contributed by atoms with E-state index in [1.807, 2.05) is 24.5 Å². The van der Waals surface area contributed by atoms with Crippen molar-refractivity contribution in [2.45, 2.75) is 52.0 Å².